The molecule has 0 amide bonds. The van der Waals surface area contributed by atoms with E-state index in [4.69, 9.17) is 10.8 Å². The van der Waals surface area contributed by atoms with Crippen LogP contribution in [0.1, 0.15) is 27.4 Å². The van der Waals surface area contributed by atoms with Crippen LogP contribution < -0.4 is 5.73 Å². The van der Waals surface area contributed by atoms with Gasteiger partial charge in [-0.2, -0.15) is 5.10 Å². The van der Waals surface area contributed by atoms with Gasteiger partial charge < -0.3 is 5.73 Å². The molecule has 0 radical (unpaired) electrons. The normalized spacial score (nSPS) is 11.4. The number of rotatable bonds is 5. The summed E-state index contributed by atoms with van der Waals surface area (Å²) in [5.74, 6) is 0. The molecule has 0 aliphatic rings. The second-order valence-electron chi connectivity index (χ2n) is 6.18. The molecule has 2 aromatic heterocycles. The fourth-order valence-corrected chi connectivity index (χ4v) is 3.69. The number of hydrogen-bond acceptors (Lipinski definition) is 5. The third-order valence-corrected chi connectivity index (χ3v) is 5.02. The molecule has 0 saturated heterocycles. The van der Waals surface area contributed by atoms with Crippen molar-refractivity contribution in [2.24, 2.45) is 0 Å². The highest BCUT2D eigenvalue weighted by atomic mass is 32.1. The van der Waals surface area contributed by atoms with Gasteiger partial charge in [-0.1, -0.05) is 18.2 Å². The van der Waals surface area contributed by atoms with Crippen LogP contribution in [0.25, 0.3) is 5.69 Å². The Balaban J connectivity index is 1.83. The van der Waals surface area contributed by atoms with E-state index in [0.717, 1.165) is 24.5 Å². The van der Waals surface area contributed by atoms with Crippen molar-refractivity contribution >= 4 is 16.5 Å². The van der Waals surface area contributed by atoms with Crippen LogP contribution in [0.4, 0.5) is 5.13 Å². The molecule has 0 atom stereocenters. The largest absolute Gasteiger partial charge is 0.375 e. The third kappa shape index (κ3) is 3.34. The fourth-order valence-electron chi connectivity index (χ4n) is 2.93. The first kappa shape index (κ1) is 16.7. The summed E-state index contributed by atoms with van der Waals surface area (Å²) in [4.78, 5) is 7.57. The Kier molecular flexibility index (Phi) is 4.69. The predicted octanol–water partition coefficient (Wildman–Crippen LogP) is 3.47. The minimum Gasteiger partial charge on any atom is -0.375 e. The molecule has 0 fully saturated rings. The van der Waals surface area contributed by atoms with Crippen molar-refractivity contribution in [3.63, 3.8) is 0 Å². The number of aryl methyl sites for hydroxylation is 2. The van der Waals surface area contributed by atoms with Crippen molar-refractivity contribution < 1.29 is 0 Å². The summed E-state index contributed by atoms with van der Waals surface area (Å²) >= 11 is 1.54. The lowest BCUT2D eigenvalue weighted by Crippen LogP contribution is -2.17. The van der Waals surface area contributed by atoms with E-state index in [-0.39, 0.29) is 0 Å². The molecule has 0 spiro atoms. The van der Waals surface area contributed by atoms with Crippen LogP contribution in [-0.2, 0) is 13.1 Å². The number of nitrogens with two attached hydrogens (primary N) is 1. The van der Waals surface area contributed by atoms with Crippen molar-refractivity contribution in [2.45, 2.75) is 33.9 Å². The molecular formula is C18H23N5S. The Labute approximate surface area is 146 Å². The number of hydrogen-bond donors (Lipinski definition) is 1. The van der Waals surface area contributed by atoms with Crippen LogP contribution in [0.15, 0.2) is 30.5 Å². The van der Waals surface area contributed by atoms with E-state index in [0.29, 0.717) is 5.13 Å². The molecule has 1 aromatic carbocycles. The van der Waals surface area contributed by atoms with Gasteiger partial charge in [0.05, 0.1) is 11.4 Å². The van der Waals surface area contributed by atoms with Gasteiger partial charge in [0, 0.05) is 35.4 Å². The summed E-state index contributed by atoms with van der Waals surface area (Å²) in [5, 5.41) is 5.39. The monoisotopic (exact) mass is 341 g/mol. The second-order valence-corrected chi connectivity index (χ2v) is 7.33. The van der Waals surface area contributed by atoms with E-state index in [1.807, 2.05) is 6.20 Å². The van der Waals surface area contributed by atoms with Crippen molar-refractivity contribution in [1.82, 2.24) is 19.7 Å². The lowest BCUT2D eigenvalue weighted by atomic mass is 10.1. The number of para-hydroxylation sites is 1. The molecule has 24 heavy (non-hydrogen) atoms. The van der Waals surface area contributed by atoms with E-state index >= 15 is 0 Å². The van der Waals surface area contributed by atoms with Crippen molar-refractivity contribution in [1.29, 1.82) is 0 Å². The molecular weight excluding hydrogens is 318 g/mol. The minimum absolute atomic E-state index is 0.623. The fraction of sp³-hybridized carbons (Fsp3) is 0.333. The van der Waals surface area contributed by atoms with Gasteiger partial charge in [-0.05, 0) is 39.4 Å². The molecule has 0 aliphatic carbocycles. The van der Waals surface area contributed by atoms with Gasteiger partial charge in [0.1, 0.15) is 0 Å². The highest BCUT2D eigenvalue weighted by Gasteiger charge is 2.16. The molecule has 3 aromatic rings. The predicted molar refractivity (Wildman–Crippen MR) is 99.5 cm³/mol. The smallest absolute Gasteiger partial charge is 0.180 e. The minimum atomic E-state index is 0.623. The molecule has 0 aliphatic heterocycles. The van der Waals surface area contributed by atoms with Crippen LogP contribution in [0.5, 0.6) is 0 Å². The standard InChI is InChI=1S/C18H23N5S/c1-12-7-5-6-8-17(12)23-14(3)16(13(2)21-23)11-22(4)10-15-9-20-18(19)24-15/h5-9H,10-11H2,1-4H3,(H2,19,20). The summed E-state index contributed by atoms with van der Waals surface area (Å²) in [5.41, 5.74) is 11.6. The number of aromatic nitrogens is 3. The molecule has 5 nitrogen and oxygen atoms in total. The molecule has 2 heterocycles. The average molecular weight is 341 g/mol. The molecule has 126 valence electrons. The van der Waals surface area contributed by atoms with E-state index in [9.17, 15) is 0 Å². The molecule has 0 bridgehead atoms. The Bertz CT molecular complexity index is 849. The van der Waals surface area contributed by atoms with Gasteiger partial charge in [-0.25, -0.2) is 9.67 Å². The van der Waals surface area contributed by atoms with Gasteiger partial charge in [0.25, 0.3) is 0 Å². The third-order valence-electron chi connectivity index (χ3n) is 4.21. The maximum Gasteiger partial charge on any atom is 0.180 e. The SMILES string of the molecule is Cc1ccccc1-n1nc(C)c(CN(C)Cc2cnc(N)s2)c1C. The first-order valence-electron chi connectivity index (χ1n) is 7.95. The van der Waals surface area contributed by atoms with Crippen LogP contribution >= 0.6 is 11.3 Å². The van der Waals surface area contributed by atoms with Crippen molar-refractivity contribution in [3.8, 4) is 5.69 Å². The summed E-state index contributed by atoms with van der Waals surface area (Å²) < 4.78 is 2.05. The zero-order valence-electron chi connectivity index (χ0n) is 14.6. The maximum atomic E-state index is 5.71. The summed E-state index contributed by atoms with van der Waals surface area (Å²) in [6, 6.07) is 8.34. The van der Waals surface area contributed by atoms with Crippen LogP contribution in [0.2, 0.25) is 0 Å². The number of anilines is 1. The summed E-state index contributed by atoms with van der Waals surface area (Å²) in [6.07, 6.45) is 1.85. The first-order chi connectivity index (χ1) is 11.5. The van der Waals surface area contributed by atoms with E-state index in [2.05, 4.69) is 66.7 Å². The average Bonchev–Trinajstić information content (AvgIpc) is 3.06. The maximum absolute atomic E-state index is 5.71. The van der Waals surface area contributed by atoms with Crippen LogP contribution in [0.3, 0.4) is 0 Å². The van der Waals surface area contributed by atoms with Crippen molar-refractivity contribution in [2.75, 3.05) is 12.8 Å². The molecule has 2 N–H and O–H groups in total. The van der Waals surface area contributed by atoms with E-state index in [1.54, 1.807) is 11.3 Å². The van der Waals surface area contributed by atoms with E-state index in [1.165, 1.54) is 21.7 Å². The lowest BCUT2D eigenvalue weighted by Gasteiger charge is -2.16. The molecule has 0 saturated carbocycles. The van der Waals surface area contributed by atoms with Gasteiger partial charge >= 0.3 is 0 Å². The Morgan fingerprint density at radius 1 is 1.17 bits per heavy atom. The summed E-state index contributed by atoms with van der Waals surface area (Å²) in [6.45, 7) is 8.02. The summed E-state index contributed by atoms with van der Waals surface area (Å²) in [7, 11) is 2.11. The number of nitrogens with zero attached hydrogens (tertiary/aromatic N) is 4. The highest BCUT2D eigenvalue weighted by molar-refractivity contribution is 7.15. The molecule has 0 unspecified atom stereocenters. The Hall–Kier alpha value is -2.18. The Morgan fingerprint density at radius 3 is 2.58 bits per heavy atom. The molecule has 3 rings (SSSR count). The van der Waals surface area contributed by atoms with Gasteiger partial charge in [-0.15, -0.1) is 11.3 Å². The van der Waals surface area contributed by atoms with Crippen LogP contribution in [0, 0.1) is 20.8 Å². The Morgan fingerprint density at radius 2 is 1.92 bits per heavy atom. The number of thiazole rings is 1. The van der Waals surface area contributed by atoms with E-state index < -0.39 is 0 Å². The van der Waals surface area contributed by atoms with Gasteiger partial charge in [-0.3, -0.25) is 4.90 Å². The first-order valence-corrected chi connectivity index (χ1v) is 8.77. The zero-order valence-corrected chi connectivity index (χ0v) is 15.4. The number of benzene rings is 1. The van der Waals surface area contributed by atoms with Gasteiger partial charge in [0.15, 0.2) is 5.13 Å². The second kappa shape index (κ2) is 6.75. The highest BCUT2D eigenvalue weighted by Crippen LogP contribution is 2.23. The number of nitrogen functional groups attached to an aromatic ring is 1. The quantitative estimate of drug-likeness (QED) is 0.772. The van der Waals surface area contributed by atoms with Crippen molar-refractivity contribution in [3.05, 3.63) is 57.9 Å². The zero-order chi connectivity index (χ0) is 17.3. The lowest BCUT2D eigenvalue weighted by molar-refractivity contribution is 0.320. The molecule has 6 heteroatoms. The topological polar surface area (TPSA) is 60.0 Å². The van der Waals surface area contributed by atoms with Crippen LogP contribution in [-0.4, -0.2) is 26.7 Å². The van der Waals surface area contributed by atoms with Gasteiger partial charge in [0.2, 0.25) is 0 Å².